The zero-order valence-electron chi connectivity index (χ0n) is 13.2. The molecule has 0 aliphatic carbocycles. The average molecular weight is 372 g/mol. The van der Waals surface area contributed by atoms with E-state index in [2.05, 4.69) is 18.7 Å². The summed E-state index contributed by atoms with van der Waals surface area (Å²) >= 11 is 0. The maximum atomic E-state index is 11.7. The summed E-state index contributed by atoms with van der Waals surface area (Å²) in [6, 6.07) is 6.09. The Bertz CT molecular complexity index is 471. The number of primary amides is 1. The molecule has 22 heavy (non-hydrogen) atoms. The van der Waals surface area contributed by atoms with Crippen LogP contribution in [0.25, 0.3) is 0 Å². The largest absolute Gasteiger partial charge is 0.508 e. The van der Waals surface area contributed by atoms with Crippen LogP contribution in [0.15, 0.2) is 24.3 Å². The van der Waals surface area contributed by atoms with Gasteiger partial charge in [0.25, 0.3) is 0 Å². The SMILES string of the molecule is Br.CC1CC(C)CN(CCN(C(N)=O)c2ccc(O)cc2)C1. The Morgan fingerprint density at radius 3 is 2.32 bits per heavy atom. The van der Waals surface area contributed by atoms with Crippen molar-refractivity contribution in [3.8, 4) is 5.75 Å². The van der Waals surface area contributed by atoms with Gasteiger partial charge in [-0.15, -0.1) is 17.0 Å². The first kappa shape index (κ1) is 18.8. The molecule has 1 fully saturated rings. The minimum atomic E-state index is -0.459. The second-order valence-electron chi connectivity index (χ2n) is 6.21. The molecule has 2 amide bonds. The highest BCUT2D eigenvalue weighted by Crippen LogP contribution is 2.22. The standard InChI is InChI=1S/C16H25N3O2.BrH/c1-12-9-13(2)11-18(10-12)7-8-19(16(17)21)14-3-5-15(20)6-4-14;/h3-6,12-13,20H,7-11H2,1-2H3,(H2,17,21);1H. The summed E-state index contributed by atoms with van der Waals surface area (Å²) < 4.78 is 0. The van der Waals surface area contributed by atoms with E-state index in [4.69, 9.17) is 5.73 Å². The van der Waals surface area contributed by atoms with Crippen molar-refractivity contribution in [1.29, 1.82) is 0 Å². The highest BCUT2D eigenvalue weighted by molar-refractivity contribution is 8.93. The van der Waals surface area contributed by atoms with E-state index in [-0.39, 0.29) is 22.7 Å². The van der Waals surface area contributed by atoms with Gasteiger partial charge in [-0.25, -0.2) is 4.79 Å². The van der Waals surface area contributed by atoms with Crippen LogP contribution in [0.3, 0.4) is 0 Å². The Labute approximate surface area is 142 Å². The molecule has 1 heterocycles. The summed E-state index contributed by atoms with van der Waals surface area (Å²) in [6.07, 6.45) is 1.27. The van der Waals surface area contributed by atoms with Crippen molar-refractivity contribution in [3.63, 3.8) is 0 Å². The Morgan fingerprint density at radius 1 is 1.27 bits per heavy atom. The number of piperidine rings is 1. The number of aromatic hydroxyl groups is 1. The fourth-order valence-corrected chi connectivity index (χ4v) is 3.22. The van der Waals surface area contributed by atoms with Gasteiger partial charge in [0.1, 0.15) is 5.75 Å². The highest BCUT2D eigenvalue weighted by atomic mass is 79.9. The smallest absolute Gasteiger partial charge is 0.319 e. The van der Waals surface area contributed by atoms with Crippen LogP contribution >= 0.6 is 17.0 Å². The van der Waals surface area contributed by atoms with Gasteiger partial charge in [-0.05, 0) is 42.5 Å². The molecule has 0 aromatic heterocycles. The Morgan fingerprint density at radius 2 is 1.82 bits per heavy atom. The number of carbonyl (C=O) groups excluding carboxylic acids is 1. The predicted molar refractivity (Wildman–Crippen MR) is 94.7 cm³/mol. The van der Waals surface area contributed by atoms with Crippen molar-refractivity contribution in [2.45, 2.75) is 20.3 Å². The number of carbonyl (C=O) groups is 1. The second kappa shape index (κ2) is 8.39. The number of nitrogens with zero attached hydrogens (tertiary/aromatic N) is 2. The minimum absolute atomic E-state index is 0. The molecule has 0 spiro atoms. The lowest BCUT2D eigenvalue weighted by Crippen LogP contribution is -2.45. The van der Waals surface area contributed by atoms with Crippen molar-refractivity contribution in [1.82, 2.24) is 4.90 Å². The van der Waals surface area contributed by atoms with Crippen LogP contribution in [-0.4, -0.2) is 42.2 Å². The highest BCUT2D eigenvalue weighted by Gasteiger charge is 2.22. The number of phenolic OH excluding ortho intramolecular Hbond substituents is 1. The van der Waals surface area contributed by atoms with E-state index in [1.165, 1.54) is 6.42 Å². The summed E-state index contributed by atoms with van der Waals surface area (Å²) in [5, 5.41) is 9.33. The molecular formula is C16H26BrN3O2. The number of hydrogen-bond acceptors (Lipinski definition) is 3. The van der Waals surface area contributed by atoms with Gasteiger partial charge in [-0.2, -0.15) is 0 Å². The first-order valence-corrected chi connectivity index (χ1v) is 7.54. The third-order valence-electron chi connectivity index (χ3n) is 4.01. The second-order valence-corrected chi connectivity index (χ2v) is 6.21. The number of amides is 2. The molecule has 1 aromatic carbocycles. The van der Waals surface area contributed by atoms with Crippen LogP contribution in [0, 0.1) is 11.8 Å². The van der Waals surface area contributed by atoms with E-state index in [1.807, 2.05) is 0 Å². The molecule has 1 aromatic rings. The maximum absolute atomic E-state index is 11.7. The van der Waals surface area contributed by atoms with Crippen LogP contribution in [0.4, 0.5) is 10.5 Å². The number of urea groups is 1. The van der Waals surface area contributed by atoms with Crippen LogP contribution < -0.4 is 10.6 Å². The van der Waals surface area contributed by atoms with Gasteiger partial charge in [0.2, 0.25) is 0 Å². The zero-order valence-corrected chi connectivity index (χ0v) is 14.9. The van der Waals surface area contributed by atoms with Gasteiger partial charge in [-0.3, -0.25) is 4.90 Å². The lowest BCUT2D eigenvalue weighted by Gasteiger charge is -2.36. The Balaban J connectivity index is 0.00000242. The fourth-order valence-electron chi connectivity index (χ4n) is 3.22. The molecular weight excluding hydrogens is 346 g/mol. The van der Waals surface area contributed by atoms with Crippen molar-refractivity contribution in [3.05, 3.63) is 24.3 Å². The quantitative estimate of drug-likeness (QED) is 0.854. The molecule has 0 saturated carbocycles. The number of likely N-dealkylation sites (tertiary alicyclic amines) is 1. The Kier molecular flexibility index (Phi) is 7.16. The van der Waals surface area contributed by atoms with Crippen LogP contribution in [0.5, 0.6) is 5.75 Å². The number of benzene rings is 1. The molecule has 0 radical (unpaired) electrons. The molecule has 1 aliphatic heterocycles. The molecule has 0 bridgehead atoms. The van der Waals surface area contributed by atoms with Crippen molar-refractivity contribution in [2.24, 2.45) is 17.6 Å². The van der Waals surface area contributed by atoms with Gasteiger partial charge >= 0.3 is 6.03 Å². The number of nitrogens with two attached hydrogens (primary N) is 1. The maximum Gasteiger partial charge on any atom is 0.319 e. The van der Waals surface area contributed by atoms with Crippen LogP contribution in [0.1, 0.15) is 20.3 Å². The average Bonchev–Trinajstić information content (AvgIpc) is 2.39. The molecule has 1 saturated heterocycles. The van der Waals surface area contributed by atoms with Crippen LogP contribution in [0.2, 0.25) is 0 Å². The molecule has 2 rings (SSSR count). The van der Waals surface area contributed by atoms with E-state index >= 15 is 0 Å². The van der Waals surface area contributed by atoms with Gasteiger partial charge < -0.3 is 15.7 Å². The van der Waals surface area contributed by atoms with E-state index in [9.17, 15) is 9.90 Å². The van der Waals surface area contributed by atoms with Crippen molar-refractivity contribution >= 4 is 28.7 Å². The Hall–Kier alpha value is -1.27. The molecule has 6 heteroatoms. The summed E-state index contributed by atoms with van der Waals surface area (Å²) in [4.78, 5) is 15.6. The third kappa shape index (κ3) is 5.18. The monoisotopic (exact) mass is 371 g/mol. The zero-order chi connectivity index (χ0) is 15.4. The summed E-state index contributed by atoms with van der Waals surface area (Å²) in [5.74, 6) is 1.58. The van der Waals surface area contributed by atoms with E-state index < -0.39 is 6.03 Å². The molecule has 1 aliphatic rings. The fraction of sp³-hybridized carbons (Fsp3) is 0.562. The topological polar surface area (TPSA) is 69.8 Å². The normalized spacial score (nSPS) is 21.9. The lowest BCUT2D eigenvalue weighted by atomic mass is 9.92. The van der Waals surface area contributed by atoms with Crippen molar-refractivity contribution < 1.29 is 9.90 Å². The first-order valence-electron chi connectivity index (χ1n) is 7.54. The van der Waals surface area contributed by atoms with E-state index in [0.29, 0.717) is 18.4 Å². The van der Waals surface area contributed by atoms with Gasteiger partial charge in [-0.1, -0.05) is 13.8 Å². The van der Waals surface area contributed by atoms with Gasteiger partial charge in [0.15, 0.2) is 0 Å². The molecule has 3 N–H and O–H groups in total. The number of anilines is 1. The number of rotatable bonds is 4. The molecule has 124 valence electrons. The van der Waals surface area contributed by atoms with Gasteiger partial charge in [0, 0.05) is 31.9 Å². The van der Waals surface area contributed by atoms with E-state index in [1.54, 1.807) is 29.2 Å². The third-order valence-corrected chi connectivity index (χ3v) is 4.01. The molecule has 2 unspecified atom stereocenters. The summed E-state index contributed by atoms with van der Waals surface area (Å²) in [5.41, 5.74) is 6.20. The van der Waals surface area contributed by atoms with Crippen LogP contribution in [-0.2, 0) is 0 Å². The number of phenols is 1. The summed E-state index contributed by atoms with van der Waals surface area (Å²) in [6.45, 7) is 8.08. The van der Waals surface area contributed by atoms with Gasteiger partial charge in [0.05, 0.1) is 0 Å². The molecule has 2 atom stereocenters. The molecule has 5 nitrogen and oxygen atoms in total. The number of hydrogen-bond donors (Lipinski definition) is 2. The van der Waals surface area contributed by atoms with Crippen molar-refractivity contribution in [2.75, 3.05) is 31.1 Å². The first-order chi connectivity index (χ1) is 9.95. The summed E-state index contributed by atoms with van der Waals surface area (Å²) in [7, 11) is 0. The lowest BCUT2D eigenvalue weighted by molar-refractivity contribution is 0.144. The number of halogens is 1. The van der Waals surface area contributed by atoms with E-state index in [0.717, 1.165) is 25.3 Å². The predicted octanol–water partition coefficient (Wildman–Crippen LogP) is 2.83. The minimum Gasteiger partial charge on any atom is -0.508 e.